The summed E-state index contributed by atoms with van der Waals surface area (Å²) in [4.78, 5) is 0. The predicted octanol–water partition coefficient (Wildman–Crippen LogP) is 3.76. The van der Waals surface area contributed by atoms with Crippen molar-refractivity contribution < 1.29 is 10.2 Å². The van der Waals surface area contributed by atoms with Crippen LogP contribution in [0, 0.1) is 6.92 Å². The van der Waals surface area contributed by atoms with Crippen LogP contribution in [-0.2, 0) is 13.0 Å². The van der Waals surface area contributed by atoms with E-state index in [9.17, 15) is 0 Å². The van der Waals surface area contributed by atoms with E-state index in [1.807, 2.05) is 45.0 Å². The SMILES string of the molecule is CC.Cc1ccc(O)cc1.Oc1ccc2c(c1)CCNC2. The monoisotopic (exact) mass is 287 g/mol. The molecule has 1 aliphatic rings. The first-order valence-electron chi connectivity index (χ1n) is 7.42. The van der Waals surface area contributed by atoms with Crippen LogP contribution in [0.5, 0.6) is 11.5 Å². The van der Waals surface area contributed by atoms with Gasteiger partial charge in [0.25, 0.3) is 0 Å². The molecule has 3 N–H and O–H groups in total. The lowest BCUT2D eigenvalue weighted by Gasteiger charge is -2.16. The zero-order valence-electron chi connectivity index (χ0n) is 13.1. The van der Waals surface area contributed by atoms with Crippen molar-refractivity contribution in [1.29, 1.82) is 0 Å². The summed E-state index contributed by atoms with van der Waals surface area (Å²) in [6, 6.07) is 12.7. The smallest absolute Gasteiger partial charge is 0.115 e. The van der Waals surface area contributed by atoms with Gasteiger partial charge in [0.2, 0.25) is 0 Å². The average molecular weight is 287 g/mol. The number of aryl methyl sites for hydroxylation is 1. The number of hydrogen-bond donors (Lipinski definition) is 3. The molecule has 1 heterocycles. The lowest BCUT2D eigenvalue weighted by molar-refractivity contribution is 0.473. The molecule has 0 bridgehead atoms. The molecular formula is C18H25NO2. The van der Waals surface area contributed by atoms with Crippen molar-refractivity contribution in [3.63, 3.8) is 0 Å². The molecule has 0 aromatic heterocycles. The summed E-state index contributed by atoms with van der Waals surface area (Å²) < 4.78 is 0. The minimum atomic E-state index is 0.329. The molecule has 0 unspecified atom stereocenters. The lowest BCUT2D eigenvalue weighted by Crippen LogP contribution is -2.23. The average Bonchev–Trinajstić information content (AvgIpc) is 2.53. The van der Waals surface area contributed by atoms with Crippen molar-refractivity contribution in [3.8, 4) is 11.5 Å². The second kappa shape index (κ2) is 9.03. The maximum atomic E-state index is 9.17. The van der Waals surface area contributed by atoms with E-state index in [0.717, 1.165) is 19.5 Å². The molecule has 3 rings (SSSR count). The minimum Gasteiger partial charge on any atom is -0.508 e. The fourth-order valence-corrected chi connectivity index (χ4v) is 2.01. The van der Waals surface area contributed by atoms with Crippen LogP contribution < -0.4 is 5.32 Å². The number of phenolic OH excluding ortho intramolecular Hbond substituents is 2. The highest BCUT2D eigenvalue weighted by atomic mass is 16.3. The Morgan fingerprint density at radius 1 is 0.857 bits per heavy atom. The first-order valence-corrected chi connectivity index (χ1v) is 7.42. The van der Waals surface area contributed by atoms with Gasteiger partial charge in [0.05, 0.1) is 0 Å². The number of hydrogen-bond acceptors (Lipinski definition) is 3. The largest absolute Gasteiger partial charge is 0.508 e. The molecular weight excluding hydrogens is 262 g/mol. The molecule has 0 radical (unpaired) electrons. The van der Waals surface area contributed by atoms with Gasteiger partial charge in [-0.1, -0.05) is 37.6 Å². The van der Waals surface area contributed by atoms with Gasteiger partial charge in [-0.05, 0) is 55.3 Å². The summed E-state index contributed by atoms with van der Waals surface area (Å²) in [6.07, 6.45) is 1.03. The summed E-state index contributed by atoms with van der Waals surface area (Å²) in [5.41, 5.74) is 3.76. The summed E-state index contributed by atoms with van der Waals surface area (Å²) >= 11 is 0. The van der Waals surface area contributed by atoms with E-state index in [0.29, 0.717) is 11.5 Å². The van der Waals surface area contributed by atoms with E-state index in [1.165, 1.54) is 16.7 Å². The van der Waals surface area contributed by atoms with Gasteiger partial charge in [0.15, 0.2) is 0 Å². The van der Waals surface area contributed by atoms with Gasteiger partial charge in [0, 0.05) is 6.54 Å². The van der Waals surface area contributed by atoms with Crippen LogP contribution in [0.15, 0.2) is 42.5 Å². The van der Waals surface area contributed by atoms with E-state index in [1.54, 1.807) is 18.2 Å². The molecule has 0 spiro atoms. The summed E-state index contributed by atoms with van der Waals surface area (Å²) in [6.45, 7) is 7.95. The number of rotatable bonds is 0. The van der Waals surface area contributed by atoms with Gasteiger partial charge >= 0.3 is 0 Å². The summed E-state index contributed by atoms with van der Waals surface area (Å²) in [5.74, 6) is 0.709. The van der Waals surface area contributed by atoms with Crippen molar-refractivity contribution in [3.05, 3.63) is 59.2 Å². The van der Waals surface area contributed by atoms with E-state index >= 15 is 0 Å². The zero-order valence-corrected chi connectivity index (χ0v) is 13.1. The second-order valence-electron chi connectivity index (χ2n) is 4.72. The maximum Gasteiger partial charge on any atom is 0.115 e. The Labute approximate surface area is 127 Å². The molecule has 0 saturated heterocycles. The fourth-order valence-electron chi connectivity index (χ4n) is 2.01. The molecule has 3 nitrogen and oxygen atoms in total. The molecule has 3 heteroatoms. The second-order valence-corrected chi connectivity index (χ2v) is 4.72. The molecule has 2 aromatic rings. The minimum absolute atomic E-state index is 0.329. The molecule has 0 atom stereocenters. The third-order valence-electron chi connectivity index (χ3n) is 3.11. The Morgan fingerprint density at radius 2 is 1.48 bits per heavy atom. The maximum absolute atomic E-state index is 9.17. The molecule has 114 valence electrons. The van der Waals surface area contributed by atoms with Crippen molar-refractivity contribution in [2.75, 3.05) is 6.54 Å². The van der Waals surface area contributed by atoms with Crippen molar-refractivity contribution >= 4 is 0 Å². The number of phenols is 2. The van der Waals surface area contributed by atoms with Gasteiger partial charge in [-0.2, -0.15) is 0 Å². The Kier molecular flexibility index (Phi) is 7.33. The molecule has 1 aliphatic heterocycles. The van der Waals surface area contributed by atoms with E-state index < -0.39 is 0 Å². The van der Waals surface area contributed by atoms with Gasteiger partial charge in [-0.15, -0.1) is 0 Å². The van der Waals surface area contributed by atoms with Crippen LogP contribution in [0.3, 0.4) is 0 Å². The van der Waals surface area contributed by atoms with Crippen LogP contribution in [0.25, 0.3) is 0 Å². The highest BCUT2D eigenvalue weighted by Gasteiger charge is 2.07. The Morgan fingerprint density at radius 3 is 2.10 bits per heavy atom. The fraction of sp³-hybridized carbons (Fsp3) is 0.333. The number of benzene rings is 2. The van der Waals surface area contributed by atoms with E-state index in [-0.39, 0.29) is 0 Å². The number of fused-ring (bicyclic) bond motifs is 1. The van der Waals surface area contributed by atoms with Gasteiger partial charge in [-0.3, -0.25) is 0 Å². The topological polar surface area (TPSA) is 52.5 Å². The third-order valence-corrected chi connectivity index (χ3v) is 3.11. The lowest BCUT2D eigenvalue weighted by atomic mass is 10.0. The van der Waals surface area contributed by atoms with Crippen LogP contribution >= 0.6 is 0 Å². The quantitative estimate of drug-likeness (QED) is 0.691. The normalized spacial score (nSPS) is 12.1. The van der Waals surface area contributed by atoms with Gasteiger partial charge < -0.3 is 15.5 Å². The first-order chi connectivity index (χ1) is 10.1. The standard InChI is InChI=1S/C9H11NO.C7H8O.C2H6/c11-9-2-1-8-6-10-4-3-7(8)5-9;1-6-2-4-7(8)5-3-6;1-2/h1-2,5,10-11H,3-4,6H2;2-5,8H,1H3;1-2H3. The van der Waals surface area contributed by atoms with Crippen LogP contribution in [0.2, 0.25) is 0 Å². The number of nitrogens with one attached hydrogen (secondary N) is 1. The van der Waals surface area contributed by atoms with Crippen molar-refractivity contribution in [1.82, 2.24) is 5.32 Å². The molecule has 2 aromatic carbocycles. The highest BCUT2D eigenvalue weighted by Crippen LogP contribution is 2.18. The highest BCUT2D eigenvalue weighted by molar-refractivity contribution is 5.36. The predicted molar refractivity (Wildman–Crippen MR) is 87.7 cm³/mol. The summed E-state index contributed by atoms with van der Waals surface area (Å²) in [7, 11) is 0. The van der Waals surface area contributed by atoms with Crippen molar-refractivity contribution in [2.24, 2.45) is 0 Å². The molecule has 21 heavy (non-hydrogen) atoms. The first kappa shape index (κ1) is 17.1. The van der Waals surface area contributed by atoms with E-state index in [2.05, 4.69) is 5.32 Å². The zero-order chi connectivity index (χ0) is 15.7. The molecule has 0 fully saturated rings. The Balaban J connectivity index is 0.000000196. The molecule has 0 amide bonds. The van der Waals surface area contributed by atoms with Crippen LogP contribution in [-0.4, -0.2) is 16.8 Å². The van der Waals surface area contributed by atoms with Crippen LogP contribution in [0.4, 0.5) is 0 Å². The third kappa shape index (κ3) is 5.88. The van der Waals surface area contributed by atoms with Gasteiger partial charge in [-0.25, -0.2) is 0 Å². The number of aromatic hydroxyl groups is 2. The Bertz CT molecular complexity index is 514. The summed E-state index contributed by atoms with van der Waals surface area (Å²) in [5, 5.41) is 21.2. The molecule has 0 aliphatic carbocycles. The van der Waals surface area contributed by atoms with Crippen LogP contribution in [0.1, 0.15) is 30.5 Å². The van der Waals surface area contributed by atoms with E-state index in [4.69, 9.17) is 10.2 Å². The molecule has 0 saturated carbocycles. The van der Waals surface area contributed by atoms with Crippen molar-refractivity contribution in [2.45, 2.75) is 33.7 Å². The van der Waals surface area contributed by atoms with Gasteiger partial charge in [0.1, 0.15) is 11.5 Å². The Hall–Kier alpha value is -2.00.